The first-order valence-corrected chi connectivity index (χ1v) is 34.3. The van der Waals surface area contributed by atoms with E-state index in [0.717, 1.165) is 77.0 Å². The van der Waals surface area contributed by atoms with E-state index in [1.165, 1.54) is 238 Å². The minimum atomic E-state index is -0.802. The Morgan fingerprint density at radius 2 is 0.500 bits per heavy atom. The maximum atomic E-state index is 12.9. The molecule has 0 aliphatic rings. The Morgan fingerprint density at radius 3 is 0.769 bits per heavy atom. The molecule has 6 heteroatoms. The molecule has 0 radical (unpaired) electrons. The lowest BCUT2D eigenvalue weighted by Crippen LogP contribution is -2.30. The summed E-state index contributed by atoms with van der Waals surface area (Å²) in [6, 6.07) is 0. The summed E-state index contributed by atoms with van der Waals surface area (Å²) in [7, 11) is 0. The van der Waals surface area contributed by atoms with Crippen LogP contribution in [0.5, 0.6) is 0 Å². The van der Waals surface area contributed by atoms with Crippen molar-refractivity contribution in [3.63, 3.8) is 0 Å². The molecule has 6 nitrogen and oxygen atoms in total. The molecule has 0 aliphatic heterocycles. The van der Waals surface area contributed by atoms with Crippen LogP contribution in [0.1, 0.15) is 361 Å². The molecule has 0 rings (SSSR count). The number of carbonyl (C=O) groups is 3. The van der Waals surface area contributed by atoms with Crippen LogP contribution in [-0.2, 0) is 28.6 Å². The maximum Gasteiger partial charge on any atom is 0.306 e. The Kier molecular flexibility index (Phi) is 64.2. The summed E-state index contributed by atoms with van der Waals surface area (Å²) in [4.78, 5) is 38.3. The van der Waals surface area contributed by atoms with Gasteiger partial charge in [0.2, 0.25) is 0 Å². The third-order valence-electron chi connectivity index (χ3n) is 15.3. The lowest BCUT2D eigenvalue weighted by atomic mass is 10.0. The van der Waals surface area contributed by atoms with E-state index in [4.69, 9.17) is 14.2 Å². The van der Waals surface area contributed by atoms with E-state index in [9.17, 15) is 14.4 Å². The van der Waals surface area contributed by atoms with Crippen LogP contribution in [0, 0.1) is 0 Å². The van der Waals surface area contributed by atoms with E-state index in [-0.39, 0.29) is 37.5 Å². The van der Waals surface area contributed by atoms with Crippen molar-refractivity contribution in [2.24, 2.45) is 0 Å². The molecule has 0 amide bonds. The fourth-order valence-corrected chi connectivity index (χ4v) is 10.2. The molecule has 1 atom stereocenters. The molecule has 78 heavy (non-hydrogen) atoms. The van der Waals surface area contributed by atoms with Crippen molar-refractivity contribution >= 4 is 17.9 Å². The monoisotopic (exact) mass is 1090 g/mol. The molecule has 454 valence electrons. The van der Waals surface area contributed by atoms with Crippen molar-refractivity contribution in [1.82, 2.24) is 0 Å². The molecule has 0 aromatic rings. The first kappa shape index (κ1) is 75.1. The number of ether oxygens (including phenoxy) is 3. The standard InChI is InChI=1S/C72H130O6/c1-4-7-10-13-16-19-22-25-27-29-30-31-32-33-34-35-36-37-38-39-40-41-43-44-47-50-53-56-59-62-65-71(74)77-68-69(67-76-70(73)64-61-58-55-52-49-46-24-21-18-15-12-9-6-3)78-72(75)66-63-60-57-54-51-48-45-42-28-26-23-20-17-14-11-8-5-2/h8,11,17,20,26,28,45,48,54,57,69H,4-7,9-10,12-16,18-19,21-25,27,29-44,46-47,49-53,55-56,58-68H2,1-3H3/b11-8-,20-17-,28-26-,48-45-,57-54-. The van der Waals surface area contributed by atoms with Crippen LogP contribution in [0.2, 0.25) is 0 Å². The highest BCUT2D eigenvalue weighted by Gasteiger charge is 2.19. The summed E-state index contributed by atoms with van der Waals surface area (Å²) >= 11 is 0. The molecule has 0 aliphatic carbocycles. The molecule has 0 fully saturated rings. The highest BCUT2D eigenvalue weighted by molar-refractivity contribution is 5.71. The fourth-order valence-electron chi connectivity index (χ4n) is 10.2. The molecule has 0 spiro atoms. The molecule has 0 bridgehead atoms. The molecule has 0 saturated heterocycles. The van der Waals surface area contributed by atoms with Gasteiger partial charge in [0.15, 0.2) is 6.10 Å². The van der Waals surface area contributed by atoms with Crippen LogP contribution in [0.3, 0.4) is 0 Å². The van der Waals surface area contributed by atoms with Gasteiger partial charge in [0.1, 0.15) is 13.2 Å². The highest BCUT2D eigenvalue weighted by Crippen LogP contribution is 2.18. The van der Waals surface area contributed by atoms with Crippen LogP contribution < -0.4 is 0 Å². The van der Waals surface area contributed by atoms with Gasteiger partial charge in [0.25, 0.3) is 0 Å². The molecule has 0 aromatic carbocycles. The van der Waals surface area contributed by atoms with E-state index in [1.807, 2.05) is 0 Å². The molecule has 0 saturated carbocycles. The topological polar surface area (TPSA) is 78.9 Å². The minimum Gasteiger partial charge on any atom is -0.462 e. The number of hydrogen-bond donors (Lipinski definition) is 0. The van der Waals surface area contributed by atoms with Crippen molar-refractivity contribution in [3.8, 4) is 0 Å². The van der Waals surface area contributed by atoms with E-state index < -0.39 is 6.10 Å². The summed E-state index contributed by atoms with van der Waals surface area (Å²) in [5, 5.41) is 0. The summed E-state index contributed by atoms with van der Waals surface area (Å²) in [6.45, 7) is 6.53. The third-order valence-corrected chi connectivity index (χ3v) is 15.3. The second kappa shape index (κ2) is 66.6. The summed E-state index contributed by atoms with van der Waals surface area (Å²) in [5.74, 6) is -0.931. The van der Waals surface area contributed by atoms with Gasteiger partial charge in [0, 0.05) is 19.3 Å². The molecule has 1 unspecified atom stereocenters. The Balaban J connectivity index is 4.20. The quantitative estimate of drug-likeness (QED) is 0.0261. The fraction of sp³-hybridized carbons (Fsp3) is 0.819. The Hall–Kier alpha value is -2.89. The van der Waals surface area contributed by atoms with Crippen LogP contribution in [0.15, 0.2) is 60.8 Å². The zero-order valence-corrected chi connectivity index (χ0v) is 52.2. The second-order valence-corrected chi connectivity index (χ2v) is 23.1. The average Bonchev–Trinajstić information content (AvgIpc) is 3.44. The van der Waals surface area contributed by atoms with Gasteiger partial charge in [-0.15, -0.1) is 0 Å². The summed E-state index contributed by atoms with van der Waals surface area (Å²) < 4.78 is 16.9. The molecular weight excluding hydrogens is 961 g/mol. The lowest BCUT2D eigenvalue weighted by molar-refractivity contribution is -0.167. The summed E-state index contributed by atoms with van der Waals surface area (Å²) in [6.07, 6.45) is 85.6. The number of allylic oxidation sites excluding steroid dienone is 10. The van der Waals surface area contributed by atoms with Gasteiger partial charge in [-0.3, -0.25) is 14.4 Å². The minimum absolute atomic E-state index is 0.0923. The number of carbonyl (C=O) groups excluding carboxylic acids is 3. The van der Waals surface area contributed by atoms with Gasteiger partial charge in [-0.25, -0.2) is 0 Å². The first-order chi connectivity index (χ1) is 38.5. The lowest BCUT2D eigenvalue weighted by Gasteiger charge is -2.18. The molecular formula is C72H130O6. The van der Waals surface area contributed by atoms with E-state index in [0.29, 0.717) is 19.3 Å². The number of esters is 3. The van der Waals surface area contributed by atoms with Crippen LogP contribution in [0.4, 0.5) is 0 Å². The average molecular weight is 1090 g/mol. The zero-order valence-electron chi connectivity index (χ0n) is 52.2. The molecule has 0 aromatic heterocycles. The zero-order chi connectivity index (χ0) is 56.4. The number of rotatable bonds is 63. The Bertz CT molecular complexity index is 1390. The second-order valence-electron chi connectivity index (χ2n) is 23.1. The van der Waals surface area contributed by atoms with Gasteiger partial charge in [-0.1, -0.05) is 345 Å². The van der Waals surface area contributed by atoms with Gasteiger partial charge in [-0.05, 0) is 57.8 Å². The molecule has 0 heterocycles. The van der Waals surface area contributed by atoms with Gasteiger partial charge < -0.3 is 14.2 Å². The van der Waals surface area contributed by atoms with E-state index >= 15 is 0 Å². The van der Waals surface area contributed by atoms with Gasteiger partial charge >= 0.3 is 17.9 Å². The smallest absolute Gasteiger partial charge is 0.306 e. The van der Waals surface area contributed by atoms with Crippen molar-refractivity contribution < 1.29 is 28.6 Å². The van der Waals surface area contributed by atoms with Crippen LogP contribution in [-0.4, -0.2) is 37.2 Å². The first-order valence-electron chi connectivity index (χ1n) is 34.3. The van der Waals surface area contributed by atoms with E-state index in [1.54, 1.807) is 0 Å². The molecule has 0 N–H and O–H groups in total. The van der Waals surface area contributed by atoms with Crippen molar-refractivity contribution in [2.45, 2.75) is 367 Å². The normalized spacial score (nSPS) is 12.4. The van der Waals surface area contributed by atoms with Gasteiger partial charge in [0.05, 0.1) is 0 Å². The number of unbranched alkanes of at least 4 members (excludes halogenated alkanes) is 42. The summed E-state index contributed by atoms with van der Waals surface area (Å²) in [5.41, 5.74) is 0. The third kappa shape index (κ3) is 63.9. The van der Waals surface area contributed by atoms with E-state index in [2.05, 4.69) is 81.5 Å². The van der Waals surface area contributed by atoms with Crippen LogP contribution in [0.25, 0.3) is 0 Å². The van der Waals surface area contributed by atoms with Gasteiger partial charge in [-0.2, -0.15) is 0 Å². The Morgan fingerprint density at radius 1 is 0.269 bits per heavy atom. The van der Waals surface area contributed by atoms with Crippen molar-refractivity contribution in [2.75, 3.05) is 13.2 Å². The highest BCUT2D eigenvalue weighted by atomic mass is 16.6. The SMILES string of the molecule is CC/C=C\C/C=C\C/C=C\C/C=C\C/C=C\CCCC(=O)OC(COC(=O)CCCCCCCCCCCCCCC)COC(=O)CCCCCCCCCCCCCCCCCCCCCCCCCCCCCCCC. The van der Waals surface area contributed by atoms with Crippen LogP contribution >= 0.6 is 0 Å². The van der Waals surface area contributed by atoms with Crippen molar-refractivity contribution in [3.05, 3.63) is 60.8 Å². The largest absolute Gasteiger partial charge is 0.462 e. The maximum absolute atomic E-state index is 12.9. The predicted molar refractivity (Wildman–Crippen MR) is 339 cm³/mol. The predicted octanol–water partition coefficient (Wildman–Crippen LogP) is 23.5. The van der Waals surface area contributed by atoms with Crippen molar-refractivity contribution in [1.29, 1.82) is 0 Å². The Labute approximate surface area is 485 Å². The number of hydrogen-bond acceptors (Lipinski definition) is 6.